The molecule has 0 aliphatic heterocycles. The number of nitrogens with one attached hydrogen (secondary N) is 1. The van der Waals surface area contributed by atoms with E-state index >= 15 is 0 Å². The molecular weight excluding hydrogens is 284 g/mol. The first kappa shape index (κ1) is 15.6. The summed E-state index contributed by atoms with van der Waals surface area (Å²) in [5.41, 5.74) is 2.10. The van der Waals surface area contributed by atoms with Crippen molar-refractivity contribution in [2.75, 3.05) is 19.5 Å². The molecule has 2 aromatic rings. The number of aryl methyl sites for hydroxylation is 1. The Bertz CT molecular complexity index is 704. The van der Waals surface area contributed by atoms with Gasteiger partial charge < -0.3 is 19.3 Å². The third-order valence-corrected chi connectivity index (χ3v) is 3.02. The molecule has 6 nitrogen and oxygen atoms in total. The van der Waals surface area contributed by atoms with Gasteiger partial charge in [-0.25, -0.2) is 0 Å². The summed E-state index contributed by atoms with van der Waals surface area (Å²) in [7, 11) is 3.17. The van der Waals surface area contributed by atoms with Gasteiger partial charge in [-0.05, 0) is 30.7 Å². The molecule has 1 heterocycles. The van der Waals surface area contributed by atoms with Crippen molar-refractivity contribution in [1.29, 1.82) is 0 Å². The third-order valence-electron chi connectivity index (χ3n) is 3.02. The number of rotatable bonds is 5. The van der Waals surface area contributed by atoms with Crippen molar-refractivity contribution < 1.29 is 18.8 Å². The first-order chi connectivity index (χ1) is 10.5. The normalized spacial score (nSPS) is 10.7. The molecule has 0 saturated carbocycles. The maximum atomic E-state index is 11.2. The van der Waals surface area contributed by atoms with Crippen LogP contribution < -0.4 is 14.8 Å². The fourth-order valence-corrected chi connectivity index (χ4v) is 1.96. The number of hydrogen-bond acceptors (Lipinski definition) is 5. The highest BCUT2D eigenvalue weighted by molar-refractivity contribution is 5.92. The van der Waals surface area contributed by atoms with Gasteiger partial charge >= 0.3 is 0 Å². The summed E-state index contributed by atoms with van der Waals surface area (Å²) >= 11 is 0. The average molecular weight is 302 g/mol. The minimum absolute atomic E-state index is 0.174. The quantitative estimate of drug-likeness (QED) is 0.918. The first-order valence-corrected chi connectivity index (χ1v) is 6.69. The molecule has 0 saturated heterocycles. The summed E-state index contributed by atoms with van der Waals surface area (Å²) in [5.74, 6) is 1.61. The molecule has 0 spiro atoms. The number of methoxy groups -OCH3 is 2. The molecule has 6 heteroatoms. The number of ether oxygens (including phenoxy) is 2. The van der Waals surface area contributed by atoms with Gasteiger partial charge in [-0.3, -0.25) is 4.79 Å². The molecule has 0 aliphatic carbocycles. The van der Waals surface area contributed by atoms with Crippen LogP contribution in [-0.4, -0.2) is 25.3 Å². The summed E-state index contributed by atoms with van der Waals surface area (Å²) < 4.78 is 15.7. The van der Waals surface area contributed by atoms with E-state index in [1.54, 1.807) is 27.2 Å². The third kappa shape index (κ3) is 3.46. The smallest absolute Gasteiger partial charge is 0.221 e. The maximum absolute atomic E-state index is 11.2. The zero-order chi connectivity index (χ0) is 16.1. The molecule has 0 unspecified atom stereocenters. The Labute approximate surface area is 128 Å². The van der Waals surface area contributed by atoms with Crippen molar-refractivity contribution in [2.45, 2.75) is 13.8 Å². The van der Waals surface area contributed by atoms with Crippen LogP contribution in [-0.2, 0) is 4.79 Å². The summed E-state index contributed by atoms with van der Waals surface area (Å²) in [4.78, 5) is 11.2. The molecule has 0 bridgehead atoms. The predicted molar refractivity (Wildman–Crippen MR) is 84.0 cm³/mol. The largest absolute Gasteiger partial charge is 0.493 e. The van der Waals surface area contributed by atoms with Crippen LogP contribution in [0.2, 0.25) is 0 Å². The SMILES string of the molecule is COc1ccc(/C=C/c2onc(C)c2NC(C)=O)cc1OC. The Morgan fingerprint density at radius 2 is 1.95 bits per heavy atom. The molecule has 0 atom stereocenters. The fourth-order valence-electron chi connectivity index (χ4n) is 1.96. The van der Waals surface area contributed by atoms with Gasteiger partial charge in [0.1, 0.15) is 11.4 Å². The fraction of sp³-hybridized carbons (Fsp3) is 0.250. The van der Waals surface area contributed by atoms with Crippen LogP contribution >= 0.6 is 0 Å². The van der Waals surface area contributed by atoms with Gasteiger partial charge in [0.25, 0.3) is 0 Å². The number of hydrogen-bond donors (Lipinski definition) is 1. The van der Waals surface area contributed by atoms with Crippen molar-refractivity contribution in [1.82, 2.24) is 5.16 Å². The van der Waals surface area contributed by atoms with Crippen molar-refractivity contribution in [3.05, 3.63) is 35.2 Å². The van der Waals surface area contributed by atoms with E-state index in [4.69, 9.17) is 14.0 Å². The van der Waals surface area contributed by atoms with E-state index in [0.29, 0.717) is 28.6 Å². The lowest BCUT2D eigenvalue weighted by atomic mass is 10.1. The average Bonchev–Trinajstić information content (AvgIpc) is 2.85. The van der Waals surface area contributed by atoms with Gasteiger partial charge in [0.2, 0.25) is 5.91 Å². The lowest BCUT2D eigenvalue weighted by molar-refractivity contribution is -0.114. The summed E-state index contributed by atoms with van der Waals surface area (Å²) in [5, 5.41) is 6.56. The van der Waals surface area contributed by atoms with Crippen molar-refractivity contribution in [2.24, 2.45) is 0 Å². The minimum Gasteiger partial charge on any atom is -0.493 e. The highest BCUT2D eigenvalue weighted by Crippen LogP contribution is 2.29. The van der Waals surface area contributed by atoms with Crippen molar-refractivity contribution in [3.63, 3.8) is 0 Å². The second kappa shape index (κ2) is 6.80. The number of amides is 1. The molecule has 1 amide bonds. The topological polar surface area (TPSA) is 73.6 Å². The van der Waals surface area contributed by atoms with Crippen LogP contribution in [0, 0.1) is 6.92 Å². The lowest BCUT2D eigenvalue weighted by Gasteiger charge is -2.07. The minimum atomic E-state index is -0.174. The van der Waals surface area contributed by atoms with E-state index in [2.05, 4.69) is 10.5 Å². The van der Waals surface area contributed by atoms with Gasteiger partial charge in [0.05, 0.1) is 14.2 Å². The Kier molecular flexibility index (Phi) is 4.83. The molecule has 1 N–H and O–H groups in total. The van der Waals surface area contributed by atoms with Crippen LogP contribution in [0.4, 0.5) is 5.69 Å². The standard InChI is InChI=1S/C16H18N2O4/c1-10-16(17-11(2)19)14(22-18-10)8-6-12-5-7-13(20-3)15(9-12)21-4/h5-9H,1-4H3,(H,17,19)/b8-6+. The Morgan fingerprint density at radius 1 is 1.23 bits per heavy atom. The molecule has 0 radical (unpaired) electrons. The monoisotopic (exact) mass is 302 g/mol. The van der Waals surface area contributed by atoms with Crippen LogP contribution in [0.15, 0.2) is 22.7 Å². The second-order valence-corrected chi connectivity index (χ2v) is 4.64. The summed E-state index contributed by atoms with van der Waals surface area (Å²) in [6, 6.07) is 5.55. The highest BCUT2D eigenvalue weighted by atomic mass is 16.5. The predicted octanol–water partition coefficient (Wildman–Crippen LogP) is 3.13. The van der Waals surface area contributed by atoms with E-state index < -0.39 is 0 Å². The molecule has 1 aromatic carbocycles. The molecule has 0 aliphatic rings. The van der Waals surface area contributed by atoms with Gasteiger partial charge in [-0.2, -0.15) is 0 Å². The Morgan fingerprint density at radius 3 is 2.59 bits per heavy atom. The van der Waals surface area contributed by atoms with Crippen LogP contribution in [0.3, 0.4) is 0 Å². The Balaban J connectivity index is 2.27. The van der Waals surface area contributed by atoms with E-state index in [1.807, 2.05) is 24.3 Å². The molecule has 22 heavy (non-hydrogen) atoms. The van der Waals surface area contributed by atoms with E-state index in [1.165, 1.54) is 6.92 Å². The van der Waals surface area contributed by atoms with E-state index in [9.17, 15) is 4.79 Å². The first-order valence-electron chi connectivity index (χ1n) is 6.69. The van der Waals surface area contributed by atoms with Gasteiger partial charge in [-0.1, -0.05) is 17.3 Å². The number of nitrogens with zero attached hydrogens (tertiary/aromatic N) is 1. The zero-order valence-corrected chi connectivity index (χ0v) is 13.0. The zero-order valence-electron chi connectivity index (χ0n) is 13.0. The summed E-state index contributed by atoms with van der Waals surface area (Å²) in [6.45, 7) is 3.21. The Hall–Kier alpha value is -2.76. The van der Waals surface area contributed by atoms with Gasteiger partial charge in [0.15, 0.2) is 17.3 Å². The molecule has 2 rings (SSSR count). The molecule has 116 valence electrons. The van der Waals surface area contributed by atoms with Crippen LogP contribution in [0.1, 0.15) is 23.9 Å². The number of aromatic nitrogens is 1. The lowest BCUT2D eigenvalue weighted by Crippen LogP contribution is -2.06. The van der Waals surface area contributed by atoms with Crippen LogP contribution in [0.25, 0.3) is 12.2 Å². The van der Waals surface area contributed by atoms with Crippen molar-refractivity contribution >= 4 is 23.7 Å². The van der Waals surface area contributed by atoms with Crippen LogP contribution in [0.5, 0.6) is 11.5 Å². The second-order valence-electron chi connectivity index (χ2n) is 4.64. The van der Waals surface area contributed by atoms with E-state index in [-0.39, 0.29) is 5.91 Å². The summed E-state index contributed by atoms with van der Waals surface area (Å²) in [6.07, 6.45) is 3.58. The van der Waals surface area contributed by atoms with Gasteiger partial charge in [0, 0.05) is 6.92 Å². The maximum Gasteiger partial charge on any atom is 0.221 e. The number of carbonyl (C=O) groups excluding carboxylic acids is 1. The molecular formula is C16H18N2O4. The van der Waals surface area contributed by atoms with E-state index in [0.717, 1.165) is 5.56 Å². The molecule has 1 aromatic heterocycles. The van der Waals surface area contributed by atoms with Crippen molar-refractivity contribution in [3.8, 4) is 11.5 Å². The highest BCUT2D eigenvalue weighted by Gasteiger charge is 2.11. The van der Waals surface area contributed by atoms with Gasteiger partial charge in [-0.15, -0.1) is 0 Å². The molecule has 0 fully saturated rings. The number of anilines is 1. The number of carbonyl (C=O) groups is 1. The number of benzene rings is 1.